The van der Waals surface area contributed by atoms with Crippen molar-refractivity contribution < 1.29 is 14.3 Å². The Morgan fingerprint density at radius 3 is 2.61 bits per heavy atom. The SMILES string of the molecule is COC(=O)CCc1ccc(OCc2cc3ccccc3[nH]2)cc1. The topological polar surface area (TPSA) is 51.3 Å². The van der Waals surface area contributed by atoms with E-state index in [1.54, 1.807) is 0 Å². The summed E-state index contributed by atoms with van der Waals surface area (Å²) in [5, 5.41) is 1.18. The van der Waals surface area contributed by atoms with Gasteiger partial charge in [0.2, 0.25) is 0 Å². The van der Waals surface area contributed by atoms with Gasteiger partial charge in [-0.15, -0.1) is 0 Å². The second-order valence-electron chi connectivity index (χ2n) is 5.39. The first-order valence-corrected chi connectivity index (χ1v) is 7.60. The number of hydrogen-bond donors (Lipinski definition) is 1. The summed E-state index contributed by atoms with van der Waals surface area (Å²) in [4.78, 5) is 14.5. The number of aromatic nitrogens is 1. The molecule has 0 saturated carbocycles. The maximum Gasteiger partial charge on any atom is 0.305 e. The Balaban J connectivity index is 1.56. The molecule has 0 spiro atoms. The average molecular weight is 309 g/mol. The van der Waals surface area contributed by atoms with E-state index in [2.05, 4.69) is 27.9 Å². The Kier molecular flexibility index (Phi) is 4.62. The highest BCUT2D eigenvalue weighted by atomic mass is 16.5. The zero-order valence-corrected chi connectivity index (χ0v) is 13.0. The van der Waals surface area contributed by atoms with Gasteiger partial charge < -0.3 is 14.5 Å². The van der Waals surface area contributed by atoms with Crippen molar-refractivity contribution in [3.8, 4) is 5.75 Å². The second kappa shape index (κ2) is 7.01. The lowest BCUT2D eigenvalue weighted by Crippen LogP contribution is -2.02. The molecule has 0 atom stereocenters. The number of H-pyrrole nitrogens is 1. The number of esters is 1. The summed E-state index contributed by atoms with van der Waals surface area (Å²) in [6.07, 6.45) is 1.07. The largest absolute Gasteiger partial charge is 0.487 e. The molecule has 0 bridgehead atoms. The number of rotatable bonds is 6. The number of aryl methyl sites for hydroxylation is 1. The summed E-state index contributed by atoms with van der Waals surface area (Å²) in [5.41, 5.74) is 3.25. The first-order valence-electron chi connectivity index (χ1n) is 7.60. The number of carbonyl (C=O) groups excluding carboxylic acids is 1. The Bertz CT molecular complexity index is 757. The van der Waals surface area contributed by atoms with E-state index in [0.29, 0.717) is 19.4 Å². The molecule has 1 aromatic heterocycles. The fourth-order valence-electron chi connectivity index (χ4n) is 2.47. The molecule has 3 aromatic rings. The minimum absolute atomic E-state index is 0.191. The third-order valence-corrected chi connectivity index (χ3v) is 3.75. The van der Waals surface area contributed by atoms with E-state index in [4.69, 9.17) is 4.74 Å². The van der Waals surface area contributed by atoms with Crippen molar-refractivity contribution in [3.05, 3.63) is 65.9 Å². The van der Waals surface area contributed by atoms with Crippen molar-refractivity contribution in [2.45, 2.75) is 19.4 Å². The van der Waals surface area contributed by atoms with Crippen LogP contribution in [-0.2, 0) is 22.6 Å². The molecule has 0 saturated heterocycles. The summed E-state index contributed by atoms with van der Waals surface area (Å²) in [6.45, 7) is 0.496. The minimum atomic E-state index is -0.191. The molecule has 23 heavy (non-hydrogen) atoms. The number of methoxy groups -OCH3 is 1. The van der Waals surface area contributed by atoms with E-state index in [-0.39, 0.29) is 5.97 Å². The lowest BCUT2D eigenvalue weighted by molar-refractivity contribution is -0.140. The molecule has 4 nitrogen and oxygen atoms in total. The third kappa shape index (κ3) is 3.92. The number of hydrogen-bond acceptors (Lipinski definition) is 3. The number of nitrogens with one attached hydrogen (secondary N) is 1. The molecule has 2 aromatic carbocycles. The highest BCUT2D eigenvalue weighted by molar-refractivity contribution is 5.80. The Labute approximate surface area is 135 Å². The van der Waals surface area contributed by atoms with Crippen LogP contribution in [0.1, 0.15) is 17.7 Å². The van der Waals surface area contributed by atoms with Crippen LogP contribution in [0.2, 0.25) is 0 Å². The van der Waals surface area contributed by atoms with E-state index in [1.165, 1.54) is 12.5 Å². The summed E-state index contributed by atoms with van der Waals surface area (Å²) >= 11 is 0. The number of benzene rings is 2. The highest BCUT2D eigenvalue weighted by Crippen LogP contribution is 2.18. The van der Waals surface area contributed by atoms with Crippen LogP contribution in [0.4, 0.5) is 0 Å². The van der Waals surface area contributed by atoms with Crippen LogP contribution >= 0.6 is 0 Å². The van der Waals surface area contributed by atoms with Crippen molar-refractivity contribution in [3.63, 3.8) is 0 Å². The van der Waals surface area contributed by atoms with Gasteiger partial charge in [-0.1, -0.05) is 30.3 Å². The Morgan fingerprint density at radius 1 is 1.09 bits per heavy atom. The molecular weight excluding hydrogens is 290 g/mol. The third-order valence-electron chi connectivity index (χ3n) is 3.75. The lowest BCUT2D eigenvalue weighted by atomic mass is 10.1. The van der Waals surface area contributed by atoms with Gasteiger partial charge in [0.1, 0.15) is 12.4 Å². The maximum atomic E-state index is 11.1. The minimum Gasteiger partial charge on any atom is -0.487 e. The first kappa shape index (κ1) is 15.2. The normalized spacial score (nSPS) is 10.7. The van der Waals surface area contributed by atoms with Crippen LogP contribution in [0.15, 0.2) is 54.6 Å². The van der Waals surface area contributed by atoms with E-state index < -0.39 is 0 Å². The fraction of sp³-hybridized carbons (Fsp3) is 0.211. The standard InChI is InChI=1S/C19H19NO3/c1-22-19(21)11-8-14-6-9-17(10-7-14)23-13-16-12-15-4-2-3-5-18(15)20-16/h2-7,9-10,12,20H,8,11,13H2,1H3. The van der Waals surface area contributed by atoms with Crippen molar-refractivity contribution >= 4 is 16.9 Å². The van der Waals surface area contributed by atoms with E-state index in [9.17, 15) is 4.79 Å². The van der Waals surface area contributed by atoms with Gasteiger partial charge in [0.25, 0.3) is 0 Å². The molecular formula is C19H19NO3. The van der Waals surface area contributed by atoms with E-state index in [0.717, 1.165) is 22.5 Å². The monoisotopic (exact) mass is 309 g/mol. The summed E-state index contributed by atoms with van der Waals surface area (Å²) < 4.78 is 10.4. The summed E-state index contributed by atoms with van der Waals surface area (Å²) in [7, 11) is 1.41. The number of carbonyl (C=O) groups is 1. The predicted molar refractivity (Wildman–Crippen MR) is 89.4 cm³/mol. The van der Waals surface area contributed by atoms with Gasteiger partial charge >= 0.3 is 5.97 Å². The number of ether oxygens (including phenoxy) is 2. The quantitative estimate of drug-likeness (QED) is 0.704. The van der Waals surface area contributed by atoms with Gasteiger partial charge in [0, 0.05) is 11.9 Å². The van der Waals surface area contributed by atoms with Crippen molar-refractivity contribution in [1.82, 2.24) is 4.98 Å². The summed E-state index contributed by atoms with van der Waals surface area (Å²) in [5.74, 6) is 0.620. The van der Waals surface area contributed by atoms with Crippen molar-refractivity contribution in [1.29, 1.82) is 0 Å². The molecule has 0 aliphatic heterocycles. The van der Waals surface area contributed by atoms with Crippen LogP contribution in [-0.4, -0.2) is 18.1 Å². The fourth-order valence-corrected chi connectivity index (χ4v) is 2.47. The molecule has 3 rings (SSSR count). The maximum absolute atomic E-state index is 11.1. The molecule has 0 amide bonds. The molecule has 0 aliphatic rings. The van der Waals surface area contributed by atoms with Crippen LogP contribution in [0.3, 0.4) is 0 Å². The van der Waals surface area contributed by atoms with E-state index >= 15 is 0 Å². The molecule has 0 fully saturated rings. The smallest absolute Gasteiger partial charge is 0.305 e. The average Bonchev–Trinajstić information content (AvgIpc) is 3.01. The molecule has 4 heteroatoms. The van der Waals surface area contributed by atoms with Gasteiger partial charge in [-0.3, -0.25) is 4.79 Å². The lowest BCUT2D eigenvalue weighted by Gasteiger charge is -2.06. The van der Waals surface area contributed by atoms with Gasteiger partial charge in [-0.25, -0.2) is 0 Å². The Hall–Kier alpha value is -2.75. The van der Waals surface area contributed by atoms with Gasteiger partial charge in [-0.2, -0.15) is 0 Å². The number of para-hydroxylation sites is 1. The molecule has 0 unspecified atom stereocenters. The van der Waals surface area contributed by atoms with Crippen LogP contribution in [0.5, 0.6) is 5.75 Å². The number of fused-ring (bicyclic) bond motifs is 1. The van der Waals surface area contributed by atoms with Crippen LogP contribution in [0, 0.1) is 0 Å². The van der Waals surface area contributed by atoms with Gasteiger partial charge in [0.05, 0.1) is 12.8 Å². The highest BCUT2D eigenvalue weighted by Gasteiger charge is 2.03. The zero-order chi connectivity index (χ0) is 16.1. The molecule has 0 radical (unpaired) electrons. The number of aromatic amines is 1. The van der Waals surface area contributed by atoms with Gasteiger partial charge in [-0.05, 0) is 41.6 Å². The molecule has 0 aliphatic carbocycles. The zero-order valence-electron chi connectivity index (χ0n) is 13.0. The first-order chi connectivity index (χ1) is 11.2. The molecule has 118 valence electrons. The van der Waals surface area contributed by atoms with Crippen molar-refractivity contribution in [2.24, 2.45) is 0 Å². The van der Waals surface area contributed by atoms with E-state index in [1.807, 2.05) is 36.4 Å². The molecule has 1 heterocycles. The second-order valence-corrected chi connectivity index (χ2v) is 5.39. The Morgan fingerprint density at radius 2 is 1.87 bits per heavy atom. The predicted octanol–water partition coefficient (Wildman–Crippen LogP) is 3.85. The van der Waals surface area contributed by atoms with Crippen molar-refractivity contribution in [2.75, 3.05) is 7.11 Å². The summed E-state index contributed by atoms with van der Waals surface area (Å²) in [6, 6.07) is 18.1. The van der Waals surface area contributed by atoms with Crippen LogP contribution < -0.4 is 4.74 Å². The van der Waals surface area contributed by atoms with Crippen LogP contribution in [0.25, 0.3) is 10.9 Å². The molecule has 1 N–H and O–H groups in total. The van der Waals surface area contributed by atoms with Gasteiger partial charge in [0.15, 0.2) is 0 Å².